The summed E-state index contributed by atoms with van der Waals surface area (Å²) >= 11 is 0. The van der Waals surface area contributed by atoms with Gasteiger partial charge in [0.2, 0.25) is 0 Å². The van der Waals surface area contributed by atoms with Crippen LogP contribution < -0.4 is 5.32 Å². The van der Waals surface area contributed by atoms with Crippen LogP contribution in [0.4, 0.5) is 9.59 Å². The highest BCUT2D eigenvalue weighted by Gasteiger charge is 2.27. The van der Waals surface area contributed by atoms with E-state index < -0.39 is 17.8 Å². The van der Waals surface area contributed by atoms with Crippen molar-refractivity contribution in [3.8, 4) is 0 Å². The van der Waals surface area contributed by atoms with Crippen molar-refractivity contribution < 1.29 is 19.1 Å². The lowest BCUT2D eigenvalue weighted by Gasteiger charge is -2.32. The Hall–Kier alpha value is -2.24. The van der Waals surface area contributed by atoms with E-state index in [2.05, 4.69) is 12.2 Å². The molecule has 0 bridgehead atoms. The molecule has 2 rings (SSSR count). The predicted octanol–water partition coefficient (Wildman–Crippen LogP) is 5.36. The smallest absolute Gasteiger partial charge is 0.409 e. The van der Waals surface area contributed by atoms with Crippen LogP contribution in [0.5, 0.6) is 0 Å². The van der Waals surface area contributed by atoms with Crippen LogP contribution in [0.15, 0.2) is 30.3 Å². The standard InChI is InChI=1S/C24H38N2O4/c1-18-11-13-19(14-12-18)15-21(25-22(27)30-24(2,3)4)16-26(5)23(28)29-17-20-9-7-6-8-10-20/h6-10,18-19,21H,11-17H2,1-5H3,(H,25,27)/t18-,19-,21-/m0/s1. The highest BCUT2D eigenvalue weighted by Crippen LogP contribution is 2.31. The van der Waals surface area contributed by atoms with E-state index in [1.807, 2.05) is 51.1 Å². The van der Waals surface area contributed by atoms with Crippen molar-refractivity contribution in [1.29, 1.82) is 0 Å². The maximum Gasteiger partial charge on any atom is 0.409 e. The second-order valence-corrected chi connectivity index (χ2v) is 9.63. The molecule has 0 unspecified atom stereocenters. The van der Waals surface area contributed by atoms with Crippen molar-refractivity contribution in [3.05, 3.63) is 35.9 Å². The van der Waals surface area contributed by atoms with E-state index in [0.29, 0.717) is 12.5 Å². The van der Waals surface area contributed by atoms with Crippen molar-refractivity contribution >= 4 is 12.2 Å². The number of hydrogen-bond donors (Lipinski definition) is 1. The van der Waals surface area contributed by atoms with E-state index in [-0.39, 0.29) is 12.6 Å². The van der Waals surface area contributed by atoms with Gasteiger partial charge in [0.1, 0.15) is 12.2 Å². The first-order chi connectivity index (χ1) is 14.1. The Morgan fingerprint density at radius 1 is 1.13 bits per heavy atom. The highest BCUT2D eigenvalue weighted by molar-refractivity contribution is 5.69. The van der Waals surface area contributed by atoms with E-state index in [4.69, 9.17) is 9.47 Å². The molecular weight excluding hydrogens is 380 g/mol. The molecule has 1 aliphatic rings. The number of carbonyl (C=O) groups is 2. The highest BCUT2D eigenvalue weighted by atomic mass is 16.6. The fourth-order valence-electron chi connectivity index (χ4n) is 3.86. The van der Waals surface area contributed by atoms with Crippen LogP contribution in [0.25, 0.3) is 0 Å². The second-order valence-electron chi connectivity index (χ2n) is 9.63. The molecule has 0 aromatic heterocycles. The number of carbonyl (C=O) groups excluding carboxylic acids is 2. The van der Waals surface area contributed by atoms with E-state index in [1.54, 1.807) is 7.05 Å². The number of rotatable bonds is 7. The molecular formula is C24H38N2O4. The average Bonchev–Trinajstić information content (AvgIpc) is 2.67. The number of likely N-dealkylation sites (N-methyl/N-ethyl adjacent to an activating group) is 1. The normalized spacial score (nSPS) is 20.2. The van der Waals surface area contributed by atoms with E-state index >= 15 is 0 Å². The van der Waals surface area contributed by atoms with Crippen LogP contribution in [0, 0.1) is 11.8 Å². The molecule has 0 aliphatic heterocycles. The van der Waals surface area contributed by atoms with Gasteiger partial charge in [-0.05, 0) is 44.6 Å². The maximum atomic E-state index is 12.5. The fourth-order valence-corrected chi connectivity index (χ4v) is 3.86. The van der Waals surface area contributed by atoms with Gasteiger partial charge in [0.15, 0.2) is 0 Å². The van der Waals surface area contributed by atoms with Crippen molar-refractivity contribution in [2.45, 2.75) is 78.0 Å². The van der Waals surface area contributed by atoms with Crippen molar-refractivity contribution in [2.75, 3.05) is 13.6 Å². The van der Waals surface area contributed by atoms with Gasteiger partial charge >= 0.3 is 12.2 Å². The third kappa shape index (κ3) is 9.06. The van der Waals surface area contributed by atoms with Crippen molar-refractivity contribution in [3.63, 3.8) is 0 Å². The predicted molar refractivity (Wildman–Crippen MR) is 118 cm³/mol. The number of ether oxygens (including phenoxy) is 2. The zero-order valence-corrected chi connectivity index (χ0v) is 19.1. The van der Waals surface area contributed by atoms with E-state index in [0.717, 1.165) is 30.7 Å². The van der Waals surface area contributed by atoms with Gasteiger partial charge < -0.3 is 19.7 Å². The van der Waals surface area contributed by atoms with Gasteiger partial charge in [-0.3, -0.25) is 0 Å². The van der Waals surface area contributed by atoms with Gasteiger partial charge in [-0.15, -0.1) is 0 Å². The average molecular weight is 419 g/mol. The van der Waals surface area contributed by atoms with Gasteiger partial charge in [0.25, 0.3) is 0 Å². The molecule has 6 nitrogen and oxygen atoms in total. The third-order valence-electron chi connectivity index (χ3n) is 5.49. The number of hydrogen-bond acceptors (Lipinski definition) is 4. The quantitative estimate of drug-likeness (QED) is 0.647. The van der Waals surface area contributed by atoms with Crippen molar-refractivity contribution in [2.24, 2.45) is 11.8 Å². The van der Waals surface area contributed by atoms with E-state index in [1.165, 1.54) is 17.7 Å². The van der Waals surface area contributed by atoms with Gasteiger partial charge in [-0.2, -0.15) is 0 Å². The Balaban J connectivity index is 1.92. The monoisotopic (exact) mass is 418 g/mol. The molecule has 0 spiro atoms. The molecule has 30 heavy (non-hydrogen) atoms. The molecule has 0 radical (unpaired) electrons. The van der Waals surface area contributed by atoms with Crippen LogP contribution >= 0.6 is 0 Å². The first-order valence-corrected chi connectivity index (χ1v) is 11.0. The Morgan fingerprint density at radius 3 is 2.37 bits per heavy atom. The molecule has 1 saturated carbocycles. The number of alkyl carbamates (subject to hydrolysis) is 1. The summed E-state index contributed by atoms with van der Waals surface area (Å²) in [6.07, 6.45) is 4.76. The van der Waals surface area contributed by atoms with Crippen LogP contribution in [0.2, 0.25) is 0 Å². The summed E-state index contributed by atoms with van der Waals surface area (Å²) in [6.45, 7) is 8.45. The fraction of sp³-hybridized carbons (Fsp3) is 0.667. The maximum absolute atomic E-state index is 12.5. The van der Waals surface area contributed by atoms with Crippen LogP contribution in [-0.4, -0.2) is 42.3 Å². The number of nitrogens with one attached hydrogen (secondary N) is 1. The summed E-state index contributed by atoms with van der Waals surface area (Å²) < 4.78 is 10.9. The summed E-state index contributed by atoms with van der Waals surface area (Å²) in [4.78, 5) is 26.4. The summed E-state index contributed by atoms with van der Waals surface area (Å²) in [5, 5.41) is 2.98. The number of nitrogens with zero attached hydrogens (tertiary/aromatic N) is 1. The van der Waals surface area contributed by atoms with Crippen LogP contribution in [0.1, 0.15) is 65.4 Å². The molecule has 1 atom stereocenters. The second kappa shape index (κ2) is 11.2. The van der Waals surface area contributed by atoms with Gasteiger partial charge in [-0.1, -0.05) is 62.9 Å². The Morgan fingerprint density at radius 2 is 1.77 bits per heavy atom. The Labute approximate surface area is 181 Å². The molecule has 6 heteroatoms. The lowest BCUT2D eigenvalue weighted by molar-refractivity contribution is 0.0472. The van der Waals surface area contributed by atoms with Crippen LogP contribution in [-0.2, 0) is 16.1 Å². The minimum atomic E-state index is -0.560. The summed E-state index contributed by atoms with van der Waals surface area (Å²) in [5.74, 6) is 1.32. The first kappa shape index (κ1) is 24.0. The minimum Gasteiger partial charge on any atom is -0.445 e. The molecule has 1 N–H and O–H groups in total. The number of benzene rings is 1. The summed E-state index contributed by atoms with van der Waals surface area (Å²) in [7, 11) is 1.71. The largest absolute Gasteiger partial charge is 0.445 e. The lowest BCUT2D eigenvalue weighted by atomic mass is 9.80. The molecule has 1 aliphatic carbocycles. The molecule has 0 saturated heterocycles. The topological polar surface area (TPSA) is 67.9 Å². The molecule has 168 valence electrons. The minimum absolute atomic E-state index is 0.174. The third-order valence-corrected chi connectivity index (χ3v) is 5.49. The number of amides is 2. The van der Waals surface area contributed by atoms with Gasteiger partial charge in [0, 0.05) is 13.6 Å². The molecule has 1 aromatic carbocycles. The first-order valence-electron chi connectivity index (χ1n) is 11.0. The SMILES string of the molecule is CN(C[C@H](C[C@H]1CC[C@H](C)CC1)NC(=O)OC(C)(C)C)C(=O)OCc1ccccc1. The zero-order chi connectivity index (χ0) is 22.1. The van der Waals surface area contributed by atoms with Crippen molar-refractivity contribution in [1.82, 2.24) is 10.2 Å². The van der Waals surface area contributed by atoms with Gasteiger partial charge in [0.05, 0.1) is 6.04 Å². The summed E-state index contributed by atoms with van der Waals surface area (Å²) in [5.41, 5.74) is 0.383. The summed E-state index contributed by atoms with van der Waals surface area (Å²) in [6, 6.07) is 9.43. The molecule has 1 aromatic rings. The Bertz CT molecular complexity index is 664. The molecule has 1 fully saturated rings. The zero-order valence-electron chi connectivity index (χ0n) is 19.1. The molecule has 2 amide bonds. The van der Waals surface area contributed by atoms with E-state index in [9.17, 15) is 9.59 Å². The van der Waals surface area contributed by atoms with Crippen LogP contribution in [0.3, 0.4) is 0 Å². The molecule has 0 heterocycles. The Kier molecular flexibility index (Phi) is 9.00. The van der Waals surface area contributed by atoms with Gasteiger partial charge in [-0.25, -0.2) is 9.59 Å². The lowest BCUT2D eigenvalue weighted by Crippen LogP contribution is -2.47.